The van der Waals surface area contributed by atoms with E-state index in [-0.39, 0.29) is 25.7 Å². The van der Waals surface area contributed by atoms with Gasteiger partial charge in [-0.05, 0) is 37.5 Å². The van der Waals surface area contributed by atoms with Crippen LogP contribution in [0.25, 0.3) is 0 Å². The van der Waals surface area contributed by atoms with Crippen LogP contribution in [0, 0.1) is 11.8 Å². The summed E-state index contributed by atoms with van der Waals surface area (Å²) in [6, 6.07) is 0. The first-order valence-corrected chi connectivity index (χ1v) is 43.5. The fraction of sp³-hybridized carbons (Fsp3) is 0.949. The monoisotopic (exact) mass is 1420 g/mol. The number of phosphoric ester groups is 2. The third-order valence-corrected chi connectivity index (χ3v) is 20.1. The maximum atomic E-state index is 13.1. The highest BCUT2D eigenvalue weighted by Crippen LogP contribution is 2.45. The molecule has 19 heteroatoms. The van der Waals surface area contributed by atoms with Gasteiger partial charge >= 0.3 is 39.5 Å². The summed E-state index contributed by atoms with van der Waals surface area (Å²) in [6.45, 7) is 9.66. The number of esters is 4. The molecule has 3 N–H and O–H groups in total. The summed E-state index contributed by atoms with van der Waals surface area (Å²) in [5.74, 6) is -0.503. The summed E-state index contributed by atoms with van der Waals surface area (Å²) in [6.07, 6.45) is 58.2. The Bertz CT molecular complexity index is 1870. The third-order valence-electron chi connectivity index (χ3n) is 18.2. The lowest BCUT2D eigenvalue weighted by Crippen LogP contribution is -2.30. The molecule has 0 saturated carbocycles. The summed E-state index contributed by atoms with van der Waals surface area (Å²) in [7, 11) is -9.91. The molecule has 0 aromatic heterocycles. The Morgan fingerprint density at radius 3 is 0.701 bits per heavy atom. The fourth-order valence-electron chi connectivity index (χ4n) is 12.0. The zero-order valence-corrected chi connectivity index (χ0v) is 65.2. The number of ether oxygens (including phenoxy) is 4. The van der Waals surface area contributed by atoms with E-state index in [0.717, 1.165) is 102 Å². The van der Waals surface area contributed by atoms with Gasteiger partial charge in [0.25, 0.3) is 0 Å². The van der Waals surface area contributed by atoms with Crippen molar-refractivity contribution in [2.24, 2.45) is 11.8 Å². The molecule has 17 nitrogen and oxygen atoms in total. The van der Waals surface area contributed by atoms with Gasteiger partial charge in [0.05, 0.1) is 26.4 Å². The van der Waals surface area contributed by atoms with E-state index in [1.807, 2.05) is 0 Å². The van der Waals surface area contributed by atoms with Crippen molar-refractivity contribution in [2.45, 2.75) is 426 Å². The van der Waals surface area contributed by atoms with Crippen LogP contribution in [-0.2, 0) is 65.4 Å². The predicted molar refractivity (Wildman–Crippen MR) is 395 cm³/mol. The topological polar surface area (TPSA) is 237 Å². The van der Waals surface area contributed by atoms with Crippen LogP contribution in [0.2, 0.25) is 0 Å². The van der Waals surface area contributed by atoms with E-state index < -0.39 is 97.5 Å². The van der Waals surface area contributed by atoms with E-state index in [2.05, 4.69) is 41.5 Å². The van der Waals surface area contributed by atoms with E-state index in [1.54, 1.807) is 0 Å². The maximum absolute atomic E-state index is 13.1. The van der Waals surface area contributed by atoms with Gasteiger partial charge < -0.3 is 33.8 Å². The molecular formula is C78H152O17P2. The van der Waals surface area contributed by atoms with Crippen LogP contribution in [0.15, 0.2) is 0 Å². The van der Waals surface area contributed by atoms with E-state index in [0.29, 0.717) is 25.7 Å². The Hall–Kier alpha value is -1.94. The van der Waals surface area contributed by atoms with Gasteiger partial charge in [-0.1, -0.05) is 356 Å². The maximum Gasteiger partial charge on any atom is 0.472 e. The van der Waals surface area contributed by atoms with Crippen molar-refractivity contribution in [3.8, 4) is 0 Å². The summed E-state index contributed by atoms with van der Waals surface area (Å²) < 4.78 is 68.6. The van der Waals surface area contributed by atoms with Crippen molar-refractivity contribution in [2.75, 3.05) is 39.6 Å². The second kappa shape index (κ2) is 69.8. The Kier molecular flexibility index (Phi) is 68.4. The standard InChI is InChI=1S/C78H152O17P2/c1-7-9-11-13-15-17-29-38-44-50-56-62-77(82)94-73(66-88-75(80)60-54-48-42-36-18-16-14-12-10-8-2)68-92-96(84,85)90-64-72(79)65-91-97(86,87)93-69-74(67-89-76(81)61-55-49-43-37-32-27-24-23-26-31-35-41-47-53-59-71(5)6)95-78(83)63-57-51-45-39-33-28-22-20-19-21-25-30-34-40-46-52-58-70(3)4/h70-74,79H,7-69H2,1-6H3,(H,84,85)(H,86,87)/t72-,73+,74+/m0/s1. The number of unbranched alkanes of at least 4 members (excludes halogenated alkanes) is 47. The number of rotatable bonds is 77. The normalized spacial score (nSPS) is 14.0. The minimum absolute atomic E-state index is 0.107. The molecule has 0 aliphatic carbocycles. The number of phosphoric acid groups is 2. The number of hydrogen-bond acceptors (Lipinski definition) is 15. The zero-order valence-electron chi connectivity index (χ0n) is 63.4. The number of aliphatic hydroxyl groups is 1. The Labute approximate surface area is 594 Å². The summed E-state index contributed by atoms with van der Waals surface area (Å²) >= 11 is 0. The molecule has 0 spiro atoms. The molecule has 0 aromatic carbocycles. The highest BCUT2D eigenvalue weighted by molar-refractivity contribution is 7.47. The highest BCUT2D eigenvalue weighted by atomic mass is 31.2. The average Bonchev–Trinajstić information content (AvgIpc) is 1.02. The van der Waals surface area contributed by atoms with Crippen LogP contribution in [0.4, 0.5) is 0 Å². The molecule has 5 atom stereocenters. The van der Waals surface area contributed by atoms with Crippen molar-refractivity contribution >= 4 is 39.5 Å². The lowest BCUT2D eigenvalue weighted by molar-refractivity contribution is -0.161. The van der Waals surface area contributed by atoms with Crippen LogP contribution in [0.5, 0.6) is 0 Å². The summed E-state index contributed by atoms with van der Waals surface area (Å²) in [5, 5.41) is 10.6. The van der Waals surface area contributed by atoms with Crippen molar-refractivity contribution in [1.82, 2.24) is 0 Å². The molecular weight excluding hydrogens is 1270 g/mol. The number of carbonyl (C=O) groups is 4. The lowest BCUT2D eigenvalue weighted by Gasteiger charge is -2.21. The fourth-order valence-corrected chi connectivity index (χ4v) is 13.6. The molecule has 0 radical (unpaired) electrons. The van der Waals surface area contributed by atoms with Crippen molar-refractivity contribution in [3.05, 3.63) is 0 Å². The zero-order chi connectivity index (χ0) is 71.4. The number of hydrogen-bond donors (Lipinski definition) is 3. The van der Waals surface area contributed by atoms with Gasteiger partial charge in [0.1, 0.15) is 19.3 Å². The molecule has 0 fully saturated rings. The van der Waals surface area contributed by atoms with Crippen LogP contribution in [0.3, 0.4) is 0 Å². The molecule has 0 saturated heterocycles. The number of carbonyl (C=O) groups excluding carboxylic acids is 4. The Morgan fingerprint density at radius 2 is 0.474 bits per heavy atom. The van der Waals surface area contributed by atoms with Crippen molar-refractivity contribution in [1.29, 1.82) is 0 Å². The minimum atomic E-state index is -4.96. The van der Waals surface area contributed by atoms with Crippen molar-refractivity contribution in [3.63, 3.8) is 0 Å². The molecule has 0 rings (SSSR count). The van der Waals surface area contributed by atoms with Gasteiger partial charge in [-0.15, -0.1) is 0 Å². The lowest BCUT2D eigenvalue weighted by atomic mass is 10.0. The van der Waals surface area contributed by atoms with Gasteiger partial charge in [-0.25, -0.2) is 9.13 Å². The first-order chi connectivity index (χ1) is 46.9. The predicted octanol–water partition coefficient (Wildman–Crippen LogP) is 23.1. The molecule has 0 aliphatic heterocycles. The average molecular weight is 1420 g/mol. The van der Waals surface area contributed by atoms with E-state index in [9.17, 15) is 43.2 Å². The third kappa shape index (κ3) is 72.2. The molecule has 0 aromatic rings. The molecule has 0 aliphatic rings. The van der Waals surface area contributed by atoms with Crippen LogP contribution < -0.4 is 0 Å². The molecule has 97 heavy (non-hydrogen) atoms. The van der Waals surface area contributed by atoms with Crippen LogP contribution in [0.1, 0.15) is 408 Å². The smallest absolute Gasteiger partial charge is 0.462 e. The number of aliphatic hydroxyl groups excluding tert-OH is 1. The van der Waals surface area contributed by atoms with Gasteiger partial charge in [-0.3, -0.25) is 37.3 Å². The molecule has 0 amide bonds. The molecule has 0 heterocycles. The largest absolute Gasteiger partial charge is 0.472 e. The van der Waals surface area contributed by atoms with E-state index in [1.165, 1.54) is 225 Å². The van der Waals surface area contributed by atoms with Gasteiger partial charge in [-0.2, -0.15) is 0 Å². The molecule has 0 bridgehead atoms. The van der Waals surface area contributed by atoms with E-state index >= 15 is 0 Å². The molecule has 2 unspecified atom stereocenters. The SMILES string of the molecule is CCCCCCCCCCCCCC(=O)O[C@H](COC(=O)CCCCCCCCCCCC)COP(=O)(O)OC[C@H](O)COP(=O)(O)OC[C@@H](COC(=O)CCCCCCCCCCCCCCCCC(C)C)OC(=O)CCCCCCCCCCCCCCCCCCC(C)C. The quantitative estimate of drug-likeness (QED) is 0.0222. The van der Waals surface area contributed by atoms with Crippen molar-refractivity contribution < 1.29 is 80.2 Å². The van der Waals surface area contributed by atoms with Crippen LogP contribution >= 0.6 is 15.6 Å². The van der Waals surface area contributed by atoms with Gasteiger partial charge in [0, 0.05) is 25.7 Å². The minimum Gasteiger partial charge on any atom is -0.462 e. The van der Waals surface area contributed by atoms with Crippen LogP contribution in [-0.4, -0.2) is 96.7 Å². The highest BCUT2D eigenvalue weighted by Gasteiger charge is 2.30. The van der Waals surface area contributed by atoms with Gasteiger partial charge in [0.15, 0.2) is 12.2 Å². The van der Waals surface area contributed by atoms with Gasteiger partial charge in [0.2, 0.25) is 0 Å². The Morgan fingerprint density at radius 1 is 0.278 bits per heavy atom. The summed E-state index contributed by atoms with van der Waals surface area (Å²) in [4.78, 5) is 72.8. The van der Waals surface area contributed by atoms with E-state index in [4.69, 9.17) is 37.0 Å². The second-order valence-corrected chi connectivity index (χ2v) is 32.0. The first kappa shape index (κ1) is 95.1. The first-order valence-electron chi connectivity index (χ1n) is 40.5. The summed E-state index contributed by atoms with van der Waals surface area (Å²) in [5.41, 5.74) is 0. The Balaban J connectivity index is 5.22. The second-order valence-electron chi connectivity index (χ2n) is 29.1. The molecule has 576 valence electrons.